The van der Waals surface area contributed by atoms with Crippen molar-refractivity contribution in [3.63, 3.8) is 0 Å². The Balaban J connectivity index is 2.27. The summed E-state index contributed by atoms with van der Waals surface area (Å²) in [6.45, 7) is 3.61. The number of anilines is 1. The number of halogens is 3. The van der Waals surface area contributed by atoms with Crippen LogP contribution in [0.15, 0.2) is 18.2 Å². The Hall–Kier alpha value is -1.74. The van der Waals surface area contributed by atoms with Crippen molar-refractivity contribution >= 4 is 5.69 Å². The van der Waals surface area contributed by atoms with Crippen molar-refractivity contribution in [1.82, 2.24) is 5.32 Å². The average Bonchev–Trinajstić information content (AvgIpc) is 2.74. The van der Waals surface area contributed by atoms with E-state index in [0.717, 1.165) is 25.6 Å². The molecule has 1 atom stereocenters. The maximum Gasteiger partial charge on any atom is 0.417 e. The van der Waals surface area contributed by atoms with E-state index in [0.29, 0.717) is 5.69 Å². The van der Waals surface area contributed by atoms with Crippen LogP contribution in [0.3, 0.4) is 0 Å². The smallest absolute Gasteiger partial charge is 0.379 e. The SMILES string of the molecule is CC1(Nc2ccc(C(F)(F)F)c(C#N)c2)CCNC1. The van der Waals surface area contributed by atoms with Gasteiger partial charge in [0, 0.05) is 17.8 Å². The highest BCUT2D eigenvalue weighted by Crippen LogP contribution is 2.33. The number of hydrogen-bond donors (Lipinski definition) is 2. The second-order valence-corrected chi connectivity index (χ2v) is 4.98. The van der Waals surface area contributed by atoms with Crippen LogP contribution in [0.5, 0.6) is 0 Å². The summed E-state index contributed by atoms with van der Waals surface area (Å²) >= 11 is 0. The molecule has 1 fully saturated rings. The van der Waals surface area contributed by atoms with Gasteiger partial charge in [-0.25, -0.2) is 0 Å². The fourth-order valence-electron chi connectivity index (χ4n) is 2.23. The molecule has 0 amide bonds. The Morgan fingerprint density at radius 1 is 1.42 bits per heavy atom. The van der Waals surface area contributed by atoms with E-state index in [-0.39, 0.29) is 11.1 Å². The molecule has 0 aliphatic carbocycles. The summed E-state index contributed by atoms with van der Waals surface area (Å²) in [4.78, 5) is 0. The fourth-order valence-corrected chi connectivity index (χ4v) is 2.23. The number of hydrogen-bond acceptors (Lipinski definition) is 3. The van der Waals surface area contributed by atoms with Crippen molar-refractivity contribution in [2.75, 3.05) is 18.4 Å². The third-order valence-corrected chi connectivity index (χ3v) is 3.26. The molecule has 1 aromatic carbocycles. The van der Waals surface area contributed by atoms with E-state index in [1.165, 1.54) is 12.1 Å². The van der Waals surface area contributed by atoms with E-state index in [4.69, 9.17) is 5.26 Å². The van der Waals surface area contributed by atoms with Gasteiger partial charge in [0.25, 0.3) is 0 Å². The van der Waals surface area contributed by atoms with E-state index in [1.807, 2.05) is 6.92 Å². The molecule has 6 heteroatoms. The lowest BCUT2D eigenvalue weighted by Gasteiger charge is -2.26. The first-order chi connectivity index (χ1) is 8.84. The lowest BCUT2D eigenvalue weighted by molar-refractivity contribution is -0.137. The molecule has 0 spiro atoms. The van der Waals surface area contributed by atoms with Gasteiger partial charge in [0.2, 0.25) is 0 Å². The highest BCUT2D eigenvalue weighted by Gasteiger charge is 2.34. The van der Waals surface area contributed by atoms with Gasteiger partial charge in [-0.2, -0.15) is 18.4 Å². The second kappa shape index (κ2) is 4.74. The molecule has 1 heterocycles. The quantitative estimate of drug-likeness (QED) is 0.868. The monoisotopic (exact) mass is 269 g/mol. The molecule has 0 aromatic heterocycles. The van der Waals surface area contributed by atoms with Gasteiger partial charge < -0.3 is 10.6 Å². The van der Waals surface area contributed by atoms with Crippen LogP contribution in [0.25, 0.3) is 0 Å². The number of nitrogens with zero attached hydrogens (tertiary/aromatic N) is 1. The zero-order chi connectivity index (χ0) is 14.1. The van der Waals surface area contributed by atoms with Gasteiger partial charge in [-0.3, -0.25) is 0 Å². The van der Waals surface area contributed by atoms with E-state index in [9.17, 15) is 13.2 Å². The molecule has 102 valence electrons. The Labute approximate surface area is 109 Å². The van der Waals surface area contributed by atoms with Crippen molar-refractivity contribution in [2.24, 2.45) is 0 Å². The van der Waals surface area contributed by atoms with Gasteiger partial charge in [0.15, 0.2) is 0 Å². The lowest BCUT2D eigenvalue weighted by Crippen LogP contribution is -2.36. The Morgan fingerprint density at radius 3 is 2.68 bits per heavy atom. The highest BCUT2D eigenvalue weighted by atomic mass is 19.4. The first kappa shape index (κ1) is 13.7. The summed E-state index contributed by atoms with van der Waals surface area (Å²) in [5.41, 5.74) is -0.898. The Kier molecular flexibility index (Phi) is 3.42. The van der Waals surface area contributed by atoms with Gasteiger partial charge in [0.1, 0.15) is 0 Å². The van der Waals surface area contributed by atoms with E-state index in [2.05, 4.69) is 10.6 Å². The van der Waals surface area contributed by atoms with Crippen LogP contribution in [-0.4, -0.2) is 18.6 Å². The minimum Gasteiger partial charge on any atom is -0.379 e. The Bertz CT molecular complexity index is 511. The Morgan fingerprint density at radius 2 is 2.16 bits per heavy atom. The van der Waals surface area contributed by atoms with Gasteiger partial charge in [-0.15, -0.1) is 0 Å². The van der Waals surface area contributed by atoms with Gasteiger partial charge in [-0.1, -0.05) is 0 Å². The zero-order valence-corrected chi connectivity index (χ0v) is 10.4. The summed E-state index contributed by atoms with van der Waals surface area (Å²) < 4.78 is 38.0. The van der Waals surface area contributed by atoms with Crippen LogP contribution in [0, 0.1) is 11.3 Å². The van der Waals surface area contributed by atoms with Gasteiger partial charge >= 0.3 is 6.18 Å². The van der Waals surface area contributed by atoms with Crippen molar-refractivity contribution < 1.29 is 13.2 Å². The first-order valence-corrected chi connectivity index (χ1v) is 5.94. The van der Waals surface area contributed by atoms with Gasteiger partial charge in [0.05, 0.1) is 17.2 Å². The van der Waals surface area contributed by atoms with Crippen LogP contribution in [-0.2, 0) is 6.18 Å². The molecule has 0 radical (unpaired) electrons. The number of alkyl halides is 3. The summed E-state index contributed by atoms with van der Waals surface area (Å²) in [6, 6.07) is 5.18. The highest BCUT2D eigenvalue weighted by molar-refractivity contribution is 5.55. The average molecular weight is 269 g/mol. The van der Waals surface area contributed by atoms with E-state index < -0.39 is 11.7 Å². The summed E-state index contributed by atoms with van der Waals surface area (Å²) in [5.74, 6) is 0. The van der Waals surface area contributed by atoms with E-state index in [1.54, 1.807) is 6.07 Å². The summed E-state index contributed by atoms with van der Waals surface area (Å²) in [7, 11) is 0. The number of benzene rings is 1. The maximum atomic E-state index is 12.7. The molecule has 2 N–H and O–H groups in total. The molecule has 3 nitrogen and oxygen atoms in total. The molecule has 1 aliphatic heterocycles. The van der Waals surface area contributed by atoms with Crippen molar-refractivity contribution in [2.45, 2.75) is 25.1 Å². The van der Waals surface area contributed by atoms with Gasteiger partial charge in [-0.05, 0) is 38.1 Å². The maximum absolute atomic E-state index is 12.7. The second-order valence-electron chi connectivity index (χ2n) is 4.98. The fraction of sp³-hybridized carbons (Fsp3) is 0.462. The largest absolute Gasteiger partial charge is 0.417 e. The molecule has 1 unspecified atom stereocenters. The van der Waals surface area contributed by atoms with E-state index >= 15 is 0 Å². The molecule has 0 saturated carbocycles. The molecule has 1 aromatic rings. The van der Waals surface area contributed by atoms with Crippen LogP contribution in [0.2, 0.25) is 0 Å². The molecular formula is C13H14F3N3. The molecule has 19 heavy (non-hydrogen) atoms. The zero-order valence-electron chi connectivity index (χ0n) is 10.4. The normalized spacial score (nSPS) is 23.1. The van der Waals surface area contributed by atoms with Crippen LogP contribution >= 0.6 is 0 Å². The molecular weight excluding hydrogens is 255 g/mol. The number of nitriles is 1. The molecule has 1 saturated heterocycles. The van der Waals surface area contributed by atoms with Crippen molar-refractivity contribution in [3.8, 4) is 6.07 Å². The lowest BCUT2D eigenvalue weighted by atomic mass is 10.00. The van der Waals surface area contributed by atoms with Crippen molar-refractivity contribution in [3.05, 3.63) is 29.3 Å². The minimum atomic E-state index is -4.50. The van der Waals surface area contributed by atoms with Crippen LogP contribution in [0.1, 0.15) is 24.5 Å². The predicted octanol–water partition coefficient (Wildman–Crippen LogP) is 2.74. The molecule has 1 aliphatic rings. The summed E-state index contributed by atoms with van der Waals surface area (Å²) in [6.07, 6.45) is -3.61. The third-order valence-electron chi connectivity index (χ3n) is 3.26. The predicted molar refractivity (Wildman–Crippen MR) is 65.7 cm³/mol. The first-order valence-electron chi connectivity index (χ1n) is 5.94. The third kappa shape index (κ3) is 2.99. The number of nitrogens with one attached hydrogen (secondary N) is 2. The number of rotatable bonds is 2. The van der Waals surface area contributed by atoms with Crippen LogP contribution in [0.4, 0.5) is 18.9 Å². The van der Waals surface area contributed by atoms with Crippen molar-refractivity contribution in [1.29, 1.82) is 5.26 Å². The topological polar surface area (TPSA) is 47.9 Å². The molecule has 2 rings (SSSR count). The minimum absolute atomic E-state index is 0.188. The van der Waals surface area contributed by atoms with Crippen LogP contribution < -0.4 is 10.6 Å². The summed E-state index contributed by atoms with van der Waals surface area (Å²) in [5, 5.41) is 15.2. The standard InChI is InChI=1S/C13H14F3N3/c1-12(4-5-18-8-12)19-10-2-3-11(13(14,15)16)9(6-10)7-17/h2-3,6,18-19H,4-5,8H2,1H3. The molecule has 0 bridgehead atoms.